The predicted molar refractivity (Wildman–Crippen MR) is 60.6 cm³/mol. The van der Waals surface area contributed by atoms with E-state index in [1.54, 1.807) is 6.07 Å². The van der Waals surface area contributed by atoms with E-state index in [-0.39, 0.29) is 28.3 Å². The number of alkyl halides is 3. The van der Waals surface area contributed by atoms with Crippen LogP contribution in [0.2, 0.25) is 5.02 Å². The molecule has 0 aliphatic carbocycles. The lowest BCUT2D eigenvalue weighted by Gasteiger charge is -2.11. The molecule has 2 nitrogen and oxygen atoms in total. The van der Waals surface area contributed by atoms with Gasteiger partial charge in [0.25, 0.3) is 0 Å². The van der Waals surface area contributed by atoms with E-state index in [1.165, 1.54) is 12.1 Å². The predicted octanol–water partition coefficient (Wildman–Crippen LogP) is 3.45. The van der Waals surface area contributed by atoms with E-state index in [4.69, 9.17) is 11.6 Å². The van der Waals surface area contributed by atoms with Gasteiger partial charge < -0.3 is 4.74 Å². The van der Waals surface area contributed by atoms with Crippen molar-refractivity contribution in [1.82, 2.24) is 0 Å². The van der Waals surface area contributed by atoms with Gasteiger partial charge in [0.2, 0.25) is 0 Å². The molecule has 0 aliphatic rings. The van der Waals surface area contributed by atoms with Gasteiger partial charge in [-0.3, -0.25) is 4.79 Å². The molecule has 0 saturated heterocycles. The molecule has 0 saturated carbocycles. The first-order valence-corrected chi connectivity index (χ1v) is 5.84. The standard InChI is InChI=1S/C10H8BrClF2O2/c11-5-7(15)4-6-2-1-3-8(12)9(6)16-10(13)14/h1-3,10H,4-5H2. The van der Waals surface area contributed by atoms with Gasteiger partial charge in [0.15, 0.2) is 0 Å². The minimum Gasteiger partial charge on any atom is -0.433 e. The van der Waals surface area contributed by atoms with Crippen molar-refractivity contribution in [2.45, 2.75) is 13.0 Å². The minimum atomic E-state index is -2.96. The first kappa shape index (κ1) is 13.4. The van der Waals surface area contributed by atoms with E-state index in [9.17, 15) is 13.6 Å². The van der Waals surface area contributed by atoms with Crippen LogP contribution < -0.4 is 4.74 Å². The summed E-state index contributed by atoms with van der Waals surface area (Å²) in [5.74, 6) is -0.269. The highest BCUT2D eigenvalue weighted by Gasteiger charge is 2.15. The van der Waals surface area contributed by atoms with E-state index in [0.29, 0.717) is 5.56 Å². The minimum absolute atomic E-state index is 0.00780. The fraction of sp³-hybridized carbons (Fsp3) is 0.300. The smallest absolute Gasteiger partial charge is 0.387 e. The van der Waals surface area contributed by atoms with Crippen LogP contribution in [0.25, 0.3) is 0 Å². The molecular formula is C10H8BrClF2O2. The van der Waals surface area contributed by atoms with Gasteiger partial charge in [-0.1, -0.05) is 39.7 Å². The number of halogens is 4. The topological polar surface area (TPSA) is 26.3 Å². The molecule has 16 heavy (non-hydrogen) atoms. The Kier molecular flexibility index (Phi) is 5.15. The largest absolute Gasteiger partial charge is 0.433 e. The lowest BCUT2D eigenvalue weighted by molar-refractivity contribution is -0.116. The average molecular weight is 314 g/mol. The Bertz CT molecular complexity index is 385. The molecule has 88 valence electrons. The number of carbonyl (C=O) groups excluding carboxylic acids is 1. The molecule has 0 spiro atoms. The number of ether oxygens (including phenoxy) is 1. The van der Waals surface area contributed by atoms with Crippen LogP contribution in [-0.2, 0) is 11.2 Å². The van der Waals surface area contributed by atoms with Crippen LogP contribution in [-0.4, -0.2) is 17.7 Å². The number of carbonyl (C=O) groups is 1. The molecule has 0 atom stereocenters. The molecule has 0 fully saturated rings. The second-order valence-electron chi connectivity index (χ2n) is 2.96. The highest BCUT2D eigenvalue weighted by atomic mass is 79.9. The van der Waals surface area contributed by atoms with E-state index in [2.05, 4.69) is 20.7 Å². The molecule has 1 aromatic rings. The highest BCUT2D eigenvalue weighted by molar-refractivity contribution is 9.09. The van der Waals surface area contributed by atoms with Gasteiger partial charge in [-0.15, -0.1) is 0 Å². The maximum Gasteiger partial charge on any atom is 0.387 e. The van der Waals surface area contributed by atoms with Crippen LogP contribution in [0, 0.1) is 0 Å². The second kappa shape index (κ2) is 6.15. The molecule has 0 aliphatic heterocycles. The Morgan fingerprint density at radius 3 is 2.75 bits per heavy atom. The van der Waals surface area contributed by atoms with Crippen molar-refractivity contribution in [2.24, 2.45) is 0 Å². The van der Waals surface area contributed by atoms with Crippen LogP contribution in [0.4, 0.5) is 8.78 Å². The lowest BCUT2D eigenvalue weighted by Crippen LogP contribution is -2.09. The molecule has 1 aromatic carbocycles. The lowest BCUT2D eigenvalue weighted by atomic mass is 10.1. The summed E-state index contributed by atoms with van der Waals surface area (Å²) in [6.07, 6.45) is 0.00780. The van der Waals surface area contributed by atoms with Crippen molar-refractivity contribution in [3.63, 3.8) is 0 Å². The first-order chi connectivity index (χ1) is 7.54. The number of ketones is 1. The molecule has 6 heteroatoms. The van der Waals surface area contributed by atoms with Gasteiger partial charge in [0.05, 0.1) is 10.4 Å². The summed E-state index contributed by atoms with van der Waals surface area (Å²) in [6.45, 7) is -2.96. The zero-order chi connectivity index (χ0) is 12.1. The number of rotatable bonds is 5. The van der Waals surface area contributed by atoms with Crippen LogP contribution >= 0.6 is 27.5 Å². The van der Waals surface area contributed by atoms with Gasteiger partial charge in [0.1, 0.15) is 11.5 Å². The fourth-order valence-electron chi connectivity index (χ4n) is 1.17. The summed E-state index contributed by atoms with van der Waals surface area (Å²) in [7, 11) is 0. The summed E-state index contributed by atoms with van der Waals surface area (Å²) >= 11 is 8.71. The zero-order valence-electron chi connectivity index (χ0n) is 8.05. The Balaban J connectivity index is 2.98. The molecule has 0 amide bonds. The van der Waals surface area contributed by atoms with E-state index >= 15 is 0 Å². The third-order valence-corrected chi connectivity index (χ3v) is 2.72. The molecule has 1 rings (SSSR count). The molecule has 0 N–H and O–H groups in total. The zero-order valence-corrected chi connectivity index (χ0v) is 10.4. The number of hydrogen-bond donors (Lipinski definition) is 0. The normalized spacial score (nSPS) is 10.6. The summed E-state index contributed by atoms with van der Waals surface area (Å²) in [5, 5.41) is 0.230. The van der Waals surface area contributed by atoms with E-state index < -0.39 is 6.61 Å². The number of hydrogen-bond acceptors (Lipinski definition) is 2. The molecule has 0 aromatic heterocycles. The fourth-order valence-corrected chi connectivity index (χ4v) is 1.61. The van der Waals surface area contributed by atoms with E-state index in [0.717, 1.165) is 0 Å². The molecule has 0 bridgehead atoms. The van der Waals surface area contributed by atoms with Crippen molar-refractivity contribution in [3.05, 3.63) is 28.8 Å². The molecular weight excluding hydrogens is 305 g/mol. The maximum atomic E-state index is 12.1. The monoisotopic (exact) mass is 312 g/mol. The van der Waals surface area contributed by atoms with Gasteiger partial charge in [-0.25, -0.2) is 0 Å². The van der Waals surface area contributed by atoms with Gasteiger partial charge in [-0.2, -0.15) is 8.78 Å². The van der Waals surface area contributed by atoms with Crippen LogP contribution in [0.5, 0.6) is 5.75 Å². The third-order valence-electron chi connectivity index (χ3n) is 1.79. The summed E-state index contributed by atoms with van der Waals surface area (Å²) < 4.78 is 28.5. The highest BCUT2D eigenvalue weighted by Crippen LogP contribution is 2.30. The first-order valence-electron chi connectivity index (χ1n) is 4.34. The third kappa shape index (κ3) is 3.72. The molecule has 0 heterocycles. The summed E-state index contributed by atoms with van der Waals surface area (Å²) in [4.78, 5) is 11.2. The van der Waals surface area contributed by atoms with Crippen LogP contribution in [0.15, 0.2) is 18.2 Å². The second-order valence-corrected chi connectivity index (χ2v) is 3.92. The number of Topliss-reactive ketones (excluding diaryl/α,β-unsaturated/α-hetero) is 1. The van der Waals surface area contributed by atoms with Gasteiger partial charge in [0, 0.05) is 12.0 Å². The van der Waals surface area contributed by atoms with Crippen molar-refractivity contribution < 1.29 is 18.3 Å². The quantitative estimate of drug-likeness (QED) is 0.778. The molecule has 0 unspecified atom stereocenters. The van der Waals surface area contributed by atoms with Crippen molar-refractivity contribution in [3.8, 4) is 5.75 Å². The molecule has 0 radical (unpaired) electrons. The van der Waals surface area contributed by atoms with Gasteiger partial charge in [-0.05, 0) is 6.07 Å². The van der Waals surface area contributed by atoms with Crippen molar-refractivity contribution >= 4 is 33.3 Å². The van der Waals surface area contributed by atoms with Crippen molar-refractivity contribution in [2.75, 3.05) is 5.33 Å². The number of benzene rings is 1. The van der Waals surface area contributed by atoms with Gasteiger partial charge >= 0.3 is 6.61 Å². The Labute approximate surface area is 105 Å². The SMILES string of the molecule is O=C(CBr)Cc1cccc(Cl)c1OC(F)F. The maximum absolute atomic E-state index is 12.1. The Morgan fingerprint density at radius 1 is 1.50 bits per heavy atom. The van der Waals surface area contributed by atoms with Crippen LogP contribution in [0.3, 0.4) is 0 Å². The van der Waals surface area contributed by atoms with Crippen LogP contribution in [0.1, 0.15) is 5.56 Å². The number of para-hydroxylation sites is 1. The average Bonchev–Trinajstić information content (AvgIpc) is 2.22. The Morgan fingerprint density at radius 2 is 2.19 bits per heavy atom. The van der Waals surface area contributed by atoms with Crippen molar-refractivity contribution in [1.29, 1.82) is 0 Å². The van der Waals surface area contributed by atoms with E-state index in [1.807, 2.05) is 0 Å². The Hall–Kier alpha value is -0.680. The summed E-state index contributed by atoms with van der Waals surface area (Å²) in [5.41, 5.74) is 0.359. The summed E-state index contributed by atoms with van der Waals surface area (Å²) in [6, 6.07) is 4.54.